The number of nitrogens with zero attached hydrogens (tertiary/aromatic N) is 1. The fourth-order valence-electron chi connectivity index (χ4n) is 3.99. The fourth-order valence-corrected chi connectivity index (χ4v) is 4.49. The molecular formula is C17H23NO2S. The molecular weight excluding hydrogens is 282 g/mol. The van der Waals surface area contributed by atoms with Gasteiger partial charge in [-0.2, -0.15) is 0 Å². The molecule has 3 aliphatic rings. The van der Waals surface area contributed by atoms with Gasteiger partial charge in [-0.15, -0.1) is 0 Å². The van der Waals surface area contributed by atoms with Gasteiger partial charge in [0.2, 0.25) is 5.91 Å². The summed E-state index contributed by atoms with van der Waals surface area (Å²) in [6, 6.07) is 0. The summed E-state index contributed by atoms with van der Waals surface area (Å²) in [6.45, 7) is 4.23. The van der Waals surface area contributed by atoms with Crippen LogP contribution < -0.4 is 0 Å². The maximum atomic E-state index is 12.6. The summed E-state index contributed by atoms with van der Waals surface area (Å²) in [7, 11) is 0. The van der Waals surface area contributed by atoms with Crippen LogP contribution in [0.5, 0.6) is 0 Å². The summed E-state index contributed by atoms with van der Waals surface area (Å²) in [4.78, 5) is 15.3. The van der Waals surface area contributed by atoms with Crippen LogP contribution >= 0.6 is 12.2 Å². The quantitative estimate of drug-likeness (QED) is 0.353. The van der Waals surface area contributed by atoms with Gasteiger partial charge in [-0.25, -0.2) is 0 Å². The van der Waals surface area contributed by atoms with Gasteiger partial charge in [0.1, 0.15) is 0 Å². The number of aliphatic hydroxyl groups is 1. The Morgan fingerprint density at radius 2 is 2.14 bits per heavy atom. The summed E-state index contributed by atoms with van der Waals surface area (Å²) in [6.07, 6.45) is 10.2. The van der Waals surface area contributed by atoms with E-state index in [1.807, 2.05) is 4.90 Å². The van der Waals surface area contributed by atoms with Gasteiger partial charge in [0, 0.05) is 24.8 Å². The first-order valence-electron chi connectivity index (χ1n) is 8.00. The first-order chi connectivity index (χ1) is 10.1. The number of likely N-dealkylation sites (tertiary alicyclic amines) is 1. The average molecular weight is 305 g/mol. The Morgan fingerprint density at radius 1 is 1.33 bits per heavy atom. The lowest BCUT2D eigenvalue weighted by Crippen LogP contribution is -2.38. The van der Waals surface area contributed by atoms with E-state index in [1.165, 1.54) is 0 Å². The van der Waals surface area contributed by atoms with Crippen molar-refractivity contribution >= 4 is 23.1 Å². The summed E-state index contributed by atoms with van der Waals surface area (Å²) in [5.41, 5.74) is 0. The maximum Gasteiger partial charge on any atom is 0.231 e. The predicted octanol–water partition coefficient (Wildman–Crippen LogP) is 3.62. The first kappa shape index (κ1) is 14.8. The van der Waals surface area contributed by atoms with Crippen LogP contribution in [0, 0.1) is 23.7 Å². The molecule has 114 valence electrons. The van der Waals surface area contributed by atoms with Crippen molar-refractivity contribution in [1.82, 2.24) is 4.90 Å². The van der Waals surface area contributed by atoms with Crippen LogP contribution in [-0.2, 0) is 4.79 Å². The number of hydrogen-bond acceptors (Lipinski definition) is 3. The monoisotopic (exact) mass is 305 g/mol. The number of thiocarbonyl (C=S) groups is 1. The molecule has 4 atom stereocenters. The van der Waals surface area contributed by atoms with Crippen molar-refractivity contribution in [2.75, 3.05) is 6.54 Å². The molecule has 3 nitrogen and oxygen atoms in total. The number of rotatable bonds is 6. The largest absolute Gasteiger partial charge is 0.513 e. The van der Waals surface area contributed by atoms with E-state index >= 15 is 0 Å². The Labute approximate surface area is 131 Å². The molecule has 1 saturated heterocycles. The lowest BCUT2D eigenvalue weighted by Gasteiger charge is -2.40. The number of aliphatic hydroxyl groups excluding tert-OH is 1. The molecule has 0 radical (unpaired) electrons. The van der Waals surface area contributed by atoms with Crippen molar-refractivity contribution in [3.63, 3.8) is 0 Å². The van der Waals surface area contributed by atoms with Crippen molar-refractivity contribution in [3.05, 3.63) is 24.5 Å². The molecule has 2 aliphatic carbocycles. The summed E-state index contributed by atoms with van der Waals surface area (Å²) in [5, 5.41) is 9.06. The number of carbonyl (C=O) groups excluding carboxylic acids is 1. The molecule has 0 aromatic heterocycles. The van der Waals surface area contributed by atoms with Crippen molar-refractivity contribution < 1.29 is 9.90 Å². The molecule has 1 amide bonds. The van der Waals surface area contributed by atoms with Crippen molar-refractivity contribution in [2.45, 2.75) is 38.5 Å². The molecule has 1 aliphatic heterocycles. The Balaban J connectivity index is 1.54. The van der Waals surface area contributed by atoms with Gasteiger partial charge >= 0.3 is 0 Å². The predicted molar refractivity (Wildman–Crippen MR) is 86.9 cm³/mol. The summed E-state index contributed by atoms with van der Waals surface area (Å²) in [5.74, 6) is 2.11. The van der Waals surface area contributed by atoms with Gasteiger partial charge in [0.05, 0.1) is 10.7 Å². The van der Waals surface area contributed by atoms with Gasteiger partial charge in [-0.1, -0.05) is 37.4 Å². The molecule has 0 bridgehead atoms. The van der Waals surface area contributed by atoms with Gasteiger partial charge in [0.15, 0.2) is 0 Å². The van der Waals surface area contributed by atoms with Crippen LogP contribution in [0.1, 0.15) is 38.5 Å². The standard InChI is InChI=1S/C17H23NO2S/c1-11(19)5-3-2-4-10-18-16(20)14-9-7-12-6-8-13(12)15(14)17(18)21/h6,8,12-15,19H,1-5,7,9-10H2. The molecule has 1 saturated carbocycles. The summed E-state index contributed by atoms with van der Waals surface area (Å²) >= 11 is 5.62. The molecule has 1 N–H and O–H groups in total. The Hall–Kier alpha value is -1.16. The highest BCUT2D eigenvalue weighted by Gasteiger charge is 2.52. The van der Waals surface area contributed by atoms with E-state index in [0.29, 0.717) is 18.3 Å². The molecule has 3 rings (SSSR count). The van der Waals surface area contributed by atoms with Crippen molar-refractivity contribution in [2.24, 2.45) is 23.7 Å². The van der Waals surface area contributed by atoms with E-state index < -0.39 is 0 Å². The molecule has 1 heterocycles. The Morgan fingerprint density at radius 3 is 2.81 bits per heavy atom. The summed E-state index contributed by atoms with van der Waals surface area (Å²) < 4.78 is 0. The van der Waals surface area contributed by atoms with Gasteiger partial charge in [-0.05, 0) is 37.5 Å². The zero-order valence-electron chi connectivity index (χ0n) is 12.3. The van der Waals surface area contributed by atoms with E-state index in [1.54, 1.807) is 0 Å². The second-order valence-electron chi connectivity index (χ2n) is 6.54. The Kier molecular flexibility index (Phi) is 4.16. The van der Waals surface area contributed by atoms with E-state index in [-0.39, 0.29) is 23.5 Å². The van der Waals surface area contributed by atoms with E-state index in [4.69, 9.17) is 17.3 Å². The number of unbranched alkanes of at least 4 members (excludes halogenated alkanes) is 2. The third-order valence-corrected chi connectivity index (χ3v) is 5.71. The number of hydrogen-bond donors (Lipinski definition) is 1. The normalized spacial score (nSPS) is 33.6. The van der Waals surface area contributed by atoms with E-state index in [0.717, 1.165) is 43.6 Å². The van der Waals surface area contributed by atoms with Crippen LogP contribution in [-0.4, -0.2) is 27.4 Å². The zero-order chi connectivity index (χ0) is 15.0. The maximum absolute atomic E-state index is 12.6. The minimum atomic E-state index is 0.140. The highest BCUT2D eigenvalue weighted by Crippen LogP contribution is 2.50. The molecule has 4 unspecified atom stereocenters. The number of fused-ring (bicyclic) bond motifs is 3. The smallest absolute Gasteiger partial charge is 0.231 e. The van der Waals surface area contributed by atoms with Crippen LogP contribution in [0.25, 0.3) is 0 Å². The molecule has 4 heteroatoms. The third-order valence-electron chi connectivity index (χ3n) is 5.22. The highest BCUT2D eigenvalue weighted by atomic mass is 32.1. The van der Waals surface area contributed by atoms with Gasteiger partial charge in [-0.3, -0.25) is 4.79 Å². The highest BCUT2D eigenvalue weighted by molar-refractivity contribution is 7.80. The average Bonchev–Trinajstić information content (AvgIpc) is 2.62. The molecule has 0 aromatic rings. The zero-order valence-corrected chi connectivity index (χ0v) is 13.1. The third kappa shape index (κ3) is 2.66. The second kappa shape index (κ2) is 5.91. The molecule has 2 fully saturated rings. The minimum absolute atomic E-state index is 0.140. The second-order valence-corrected chi connectivity index (χ2v) is 6.96. The number of carbonyl (C=O) groups is 1. The van der Waals surface area contributed by atoms with Crippen molar-refractivity contribution in [1.29, 1.82) is 0 Å². The topological polar surface area (TPSA) is 40.5 Å². The number of amides is 1. The van der Waals surface area contributed by atoms with E-state index in [2.05, 4.69) is 18.7 Å². The first-order valence-corrected chi connectivity index (χ1v) is 8.40. The SMILES string of the molecule is C=C(O)CCCCCN1C(=O)C2CCC3C=CC3C2C1=S. The molecule has 21 heavy (non-hydrogen) atoms. The van der Waals surface area contributed by atoms with Crippen molar-refractivity contribution in [3.8, 4) is 0 Å². The molecule has 0 aromatic carbocycles. The fraction of sp³-hybridized carbons (Fsp3) is 0.647. The van der Waals surface area contributed by atoms with Gasteiger partial charge < -0.3 is 10.0 Å². The van der Waals surface area contributed by atoms with Gasteiger partial charge in [0.25, 0.3) is 0 Å². The lowest BCUT2D eigenvalue weighted by molar-refractivity contribution is -0.131. The van der Waals surface area contributed by atoms with Crippen LogP contribution in [0.15, 0.2) is 24.5 Å². The van der Waals surface area contributed by atoms with E-state index in [9.17, 15) is 4.79 Å². The van der Waals surface area contributed by atoms with Crippen LogP contribution in [0.3, 0.4) is 0 Å². The number of allylic oxidation sites excluding steroid dienone is 3. The Bertz CT molecular complexity index is 499. The minimum Gasteiger partial charge on any atom is -0.513 e. The molecule has 0 spiro atoms. The lowest BCUT2D eigenvalue weighted by atomic mass is 9.63. The van der Waals surface area contributed by atoms with Crippen LogP contribution in [0.2, 0.25) is 0 Å². The van der Waals surface area contributed by atoms with Crippen LogP contribution in [0.4, 0.5) is 0 Å².